The molecule has 2 unspecified atom stereocenters. The Morgan fingerprint density at radius 1 is 1.08 bits per heavy atom. The average molecular weight is 346 g/mol. The molecule has 130 valence electrons. The summed E-state index contributed by atoms with van der Waals surface area (Å²) < 4.78 is 14.7. The molecule has 0 spiro atoms. The minimum Gasteiger partial charge on any atom is -0.296 e. The standard InChI is InChI=1S/C22H19FN2O/c1-15-2-10-19(12-15)25-14-24-21-13-17(7-11-20(21)22(25)26)4-3-16-5-8-18(23)9-6-16/h5-9,11,13-15,19H,2,10,12H2,1H3. The van der Waals surface area contributed by atoms with Gasteiger partial charge in [0.2, 0.25) is 0 Å². The zero-order valence-corrected chi connectivity index (χ0v) is 14.6. The summed E-state index contributed by atoms with van der Waals surface area (Å²) in [5.41, 5.74) is 2.20. The van der Waals surface area contributed by atoms with Gasteiger partial charge in [-0.1, -0.05) is 18.8 Å². The molecule has 0 bridgehead atoms. The summed E-state index contributed by atoms with van der Waals surface area (Å²) in [6.45, 7) is 2.23. The molecule has 0 N–H and O–H groups in total. The molecule has 0 saturated heterocycles. The molecule has 2 atom stereocenters. The van der Waals surface area contributed by atoms with E-state index in [1.807, 2.05) is 12.1 Å². The van der Waals surface area contributed by atoms with Crippen LogP contribution in [0.4, 0.5) is 4.39 Å². The van der Waals surface area contributed by atoms with Crippen LogP contribution in [0.15, 0.2) is 53.6 Å². The highest BCUT2D eigenvalue weighted by Crippen LogP contribution is 2.33. The maximum atomic E-state index is 12.9. The first-order chi connectivity index (χ1) is 12.6. The molecule has 3 nitrogen and oxygen atoms in total. The first kappa shape index (κ1) is 16.5. The molecule has 4 heteroatoms. The van der Waals surface area contributed by atoms with Gasteiger partial charge in [-0.2, -0.15) is 0 Å². The molecule has 4 rings (SSSR count). The Morgan fingerprint density at radius 2 is 1.81 bits per heavy atom. The van der Waals surface area contributed by atoms with Crippen LogP contribution in [0.25, 0.3) is 10.9 Å². The van der Waals surface area contributed by atoms with E-state index in [9.17, 15) is 9.18 Å². The van der Waals surface area contributed by atoms with E-state index in [2.05, 4.69) is 23.7 Å². The molecular weight excluding hydrogens is 327 g/mol. The van der Waals surface area contributed by atoms with Gasteiger partial charge in [0.15, 0.2) is 0 Å². The van der Waals surface area contributed by atoms with Crippen molar-refractivity contribution >= 4 is 10.9 Å². The third-order valence-electron chi connectivity index (χ3n) is 5.04. The molecule has 0 amide bonds. The summed E-state index contributed by atoms with van der Waals surface area (Å²) in [5.74, 6) is 6.43. The molecule has 1 saturated carbocycles. The van der Waals surface area contributed by atoms with E-state index in [1.165, 1.54) is 12.1 Å². The van der Waals surface area contributed by atoms with Gasteiger partial charge in [-0.3, -0.25) is 9.36 Å². The van der Waals surface area contributed by atoms with E-state index in [-0.39, 0.29) is 17.4 Å². The maximum Gasteiger partial charge on any atom is 0.261 e. The van der Waals surface area contributed by atoms with Crippen LogP contribution in [0.3, 0.4) is 0 Å². The van der Waals surface area contributed by atoms with Gasteiger partial charge in [0.25, 0.3) is 5.56 Å². The van der Waals surface area contributed by atoms with E-state index in [0.717, 1.165) is 30.4 Å². The number of rotatable bonds is 1. The molecule has 3 aromatic rings. The first-order valence-electron chi connectivity index (χ1n) is 8.88. The maximum absolute atomic E-state index is 12.9. The van der Waals surface area contributed by atoms with Crippen molar-refractivity contribution in [3.8, 4) is 11.8 Å². The smallest absolute Gasteiger partial charge is 0.261 e. The Hall–Kier alpha value is -2.93. The second-order valence-corrected chi connectivity index (χ2v) is 7.02. The minimum absolute atomic E-state index is 0.0205. The Bertz CT molecular complexity index is 1070. The van der Waals surface area contributed by atoms with Crippen molar-refractivity contribution < 1.29 is 4.39 Å². The Morgan fingerprint density at radius 3 is 2.54 bits per heavy atom. The number of halogens is 1. The number of nitrogens with zero attached hydrogens (tertiary/aromatic N) is 2. The van der Waals surface area contributed by atoms with Crippen LogP contribution < -0.4 is 5.56 Å². The molecule has 1 aromatic heterocycles. The van der Waals surface area contributed by atoms with E-state index in [0.29, 0.717) is 16.8 Å². The van der Waals surface area contributed by atoms with Crippen molar-refractivity contribution in [3.63, 3.8) is 0 Å². The Kier molecular flexibility index (Phi) is 4.30. The van der Waals surface area contributed by atoms with Crippen LogP contribution in [0.5, 0.6) is 0 Å². The van der Waals surface area contributed by atoms with Gasteiger partial charge in [0, 0.05) is 17.2 Å². The molecule has 0 aliphatic heterocycles. The first-order valence-corrected chi connectivity index (χ1v) is 8.88. The van der Waals surface area contributed by atoms with Crippen LogP contribution in [0.1, 0.15) is 43.4 Å². The molecule has 1 fully saturated rings. The lowest BCUT2D eigenvalue weighted by atomic mass is 10.1. The van der Waals surface area contributed by atoms with Crippen molar-refractivity contribution in [1.29, 1.82) is 0 Å². The van der Waals surface area contributed by atoms with Gasteiger partial charge in [-0.15, -0.1) is 0 Å². The molecule has 1 heterocycles. The predicted octanol–water partition coefficient (Wildman–Crippen LogP) is 4.30. The van der Waals surface area contributed by atoms with Crippen molar-refractivity contribution in [2.75, 3.05) is 0 Å². The highest BCUT2D eigenvalue weighted by atomic mass is 19.1. The highest BCUT2D eigenvalue weighted by Gasteiger charge is 2.24. The fourth-order valence-corrected chi connectivity index (χ4v) is 3.58. The van der Waals surface area contributed by atoms with Crippen LogP contribution >= 0.6 is 0 Å². The molecule has 2 aromatic carbocycles. The van der Waals surface area contributed by atoms with Crippen molar-refractivity contribution in [2.45, 2.75) is 32.2 Å². The summed E-state index contributed by atoms with van der Waals surface area (Å²) in [7, 11) is 0. The summed E-state index contributed by atoms with van der Waals surface area (Å²) in [6, 6.07) is 11.8. The predicted molar refractivity (Wildman–Crippen MR) is 100 cm³/mol. The Labute approximate surface area is 151 Å². The second-order valence-electron chi connectivity index (χ2n) is 7.02. The monoisotopic (exact) mass is 346 g/mol. The summed E-state index contributed by atoms with van der Waals surface area (Å²) in [6.07, 6.45) is 4.90. The number of fused-ring (bicyclic) bond motifs is 1. The SMILES string of the molecule is CC1CCC(n2cnc3cc(C#Cc4ccc(F)cc4)ccc3c2=O)C1. The third kappa shape index (κ3) is 3.25. The van der Waals surface area contributed by atoms with Gasteiger partial charge >= 0.3 is 0 Å². The van der Waals surface area contributed by atoms with Crippen LogP contribution in [-0.4, -0.2) is 9.55 Å². The van der Waals surface area contributed by atoms with E-state index < -0.39 is 0 Å². The van der Waals surface area contributed by atoms with Gasteiger partial charge < -0.3 is 0 Å². The lowest BCUT2D eigenvalue weighted by Crippen LogP contribution is -2.24. The second kappa shape index (κ2) is 6.76. The number of benzene rings is 2. The zero-order chi connectivity index (χ0) is 18.1. The zero-order valence-electron chi connectivity index (χ0n) is 14.6. The molecule has 1 aliphatic rings. The fraction of sp³-hybridized carbons (Fsp3) is 0.273. The van der Waals surface area contributed by atoms with E-state index in [1.54, 1.807) is 29.1 Å². The van der Waals surface area contributed by atoms with Crippen LogP contribution in [0, 0.1) is 23.6 Å². The topological polar surface area (TPSA) is 34.9 Å². The van der Waals surface area contributed by atoms with Gasteiger partial charge in [-0.05, 0) is 67.6 Å². The molecule has 1 aliphatic carbocycles. The van der Waals surface area contributed by atoms with Gasteiger partial charge in [-0.25, -0.2) is 9.37 Å². The largest absolute Gasteiger partial charge is 0.296 e. The van der Waals surface area contributed by atoms with Gasteiger partial charge in [0.1, 0.15) is 5.82 Å². The number of aromatic nitrogens is 2. The third-order valence-corrected chi connectivity index (χ3v) is 5.04. The van der Waals surface area contributed by atoms with E-state index >= 15 is 0 Å². The van der Waals surface area contributed by atoms with Crippen LogP contribution in [-0.2, 0) is 0 Å². The lowest BCUT2D eigenvalue weighted by molar-refractivity contribution is 0.478. The molecule has 0 radical (unpaired) electrons. The summed E-state index contributed by atoms with van der Waals surface area (Å²) in [5, 5.41) is 0.624. The average Bonchev–Trinajstić information content (AvgIpc) is 3.07. The van der Waals surface area contributed by atoms with Crippen molar-refractivity contribution in [2.24, 2.45) is 5.92 Å². The molecular formula is C22H19FN2O. The van der Waals surface area contributed by atoms with Crippen molar-refractivity contribution in [3.05, 3.63) is 76.1 Å². The highest BCUT2D eigenvalue weighted by molar-refractivity contribution is 5.79. The number of hydrogen-bond donors (Lipinski definition) is 0. The quantitative estimate of drug-likeness (QED) is 0.616. The lowest BCUT2D eigenvalue weighted by Gasteiger charge is -2.13. The fourth-order valence-electron chi connectivity index (χ4n) is 3.58. The Balaban J connectivity index is 1.66. The van der Waals surface area contributed by atoms with Crippen LogP contribution in [0.2, 0.25) is 0 Å². The normalized spacial score (nSPS) is 19.3. The van der Waals surface area contributed by atoms with E-state index in [4.69, 9.17) is 0 Å². The minimum atomic E-state index is -0.279. The van der Waals surface area contributed by atoms with Gasteiger partial charge in [0.05, 0.1) is 17.2 Å². The molecule has 26 heavy (non-hydrogen) atoms. The summed E-state index contributed by atoms with van der Waals surface area (Å²) >= 11 is 0. The summed E-state index contributed by atoms with van der Waals surface area (Å²) in [4.78, 5) is 17.3. The number of hydrogen-bond acceptors (Lipinski definition) is 2. The van der Waals surface area contributed by atoms with Crippen molar-refractivity contribution in [1.82, 2.24) is 9.55 Å².